The topological polar surface area (TPSA) is 73.2 Å². The van der Waals surface area contributed by atoms with Crippen molar-refractivity contribution in [3.63, 3.8) is 0 Å². The van der Waals surface area contributed by atoms with E-state index < -0.39 is 18.8 Å². The van der Waals surface area contributed by atoms with Crippen LogP contribution in [0.3, 0.4) is 0 Å². The number of aliphatic hydroxyl groups is 3. The lowest BCUT2D eigenvalue weighted by Gasteiger charge is -2.30. The average Bonchev–Trinajstić information content (AvgIpc) is 2.96. The molecule has 3 atom stereocenters. The standard InChI is InChI=1S/C20H21NO4/c22-11-19(23)20(24)12-25-21-17-8-4-3-7-15(17)16-9-13-5-1-2-6-14(13)10-18(16)21/h1-9,18-20,22-24H,10-12H2/t18?,19-,20-/m1/s1. The first-order valence-corrected chi connectivity index (χ1v) is 8.47. The van der Waals surface area contributed by atoms with Crippen LogP contribution >= 0.6 is 0 Å². The molecule has 2 aromatic rings. The number of benzene rings is 2. The summed E-state index contributed by atoms with van der Waals surface area (Å²) in [6, 6.07) is 16.4. The summed E-state index contributed by atoms with van der Waals surface area (Å²) in [6.45, 7) is -0.579. The molecule has 0 bridgehead atoms. The Kier molecular flexibility index (Phi) is 4.31. The van der Waals surface area contributed by atoms with Gasteiger partial charge in [-0.3, -0.25) is 4.84 Å². The highest BCUT2D eigenvalue weighted by Crippen LogP contribution is 2.45. The molecule has 1 heterocycles. The second-order valence-corrected chi connectivity index (χ2v) is 6.47. The van der Waals surface area contributed by atoms with Gasteiger partial charge in [-0.15, -0.1) is 0 Å². The van der Waals surface area contributed by atoms with Gasteiger partial charge in [-0.25, -0.2) is 5.06 Å². The van der Waals surface area contributed by atoms with E-state index in [0.717, 1.165) is 17.7 Å². The van der Waals surface area contributed by atoms with Crippen molar-refractivity contribution in [3.8, 4) is 0 Å². The van der Waals surface area contributed by atoms with Crippen molar-refractivity contribution < 1.29 is 20.2 Å². The molecule has 1 aliphatic heterocycles. The Labute approximate surface area is 146 Å². The molecule has 4 rings (SSSR count). The van der Waals surface area contributed by atoms with Crippen LogP contribution in [0, 0.1) is 0 Å². The summed E-state index contributed by atoms with van der Waals surface area (Å²) in [4.78, 5) is 5.87. The highest BCUT2D eigenvalue weighted by atomic mass is 16.7. The minimum absolute atomic E-state index is 0.0331. The molecule has 0 radical (unpaired) electrons. The smallest absolute Gasteiger partial charge is 0.108 e. The van der Waals surface area contributed by atoms with Gasteiger partial charge in [0.2, 0.25) is 0 Å². The number of fused-ring (bicyclic) bond motifs is 4. The maximum Gasteiger partial charge on any atom is 0.108 e. The number of para-hydroxylation sites is 1. The molecule has 2 aromatic carbocycles. The van der Waals surface area contributed by atoms with Crippen LogP contribution in [0.25, 0.3) is 11.6 Å². The van der Waals surface area contributed by atoms with Crippen LogP contribution in [-0.2, 0) is 11.3 Å². The molecule has 1 aliphatic carbocycles. The Bertz CT molecular complexity index is 804. The van der Waals surface area contributed by atoms with Gasteiger partial charge >= 0.3 is 0 Å². The molecule has 2 aliphatic rings. The summed E-state index contributed by atoms with van der Waals surface area (Å²) in [7, 11) is 0. The van der Waals surface area contributed by atoms with Gasteiger partial charge in [0.15, 0.2) is 0 Å². The first kappa shape index (κ1) is 16.3. The predicted octanol–water partition coefficient (Wildman–Crippen LogP) is 1.62. The number of anilines is 1. The Hall–Kier alpha value is -2.18. The Morgan fingerprint density at radius 1 is 1.04 bits per heavy atom. The quantitative estimate of drug-likeness (QED) is 0.772. The van der Waals surface area contributed by atoms with E-state index in [1.807, 2.05) is 35.4 Å². The first-order chi connectivity index (χ1) is 12.2. The van der Waals surface area contributed by atoms with E-state index in [4.69, 9.17) is 9.94 Å². The van der Waals surface area contributed by atoms with Gasteiger partial charge in [-0.1, -0.05) is 42.5 Å². The minimum Gasteiger partial charge on any atom is -0.394 e. The van der Waals surface area contributed by atoms with Crippen molar-refractivity contribution in [2.45, 2.75) is 24.7 Å². The van der Waals surface area contributed by atoms with Crippen LogP contribution in [0.4, 0.5) is 5.69 Å². The highest BCUT2D eigenvalue weighted by molar-refractivity contribution is 5.97. The van der Waals surface area contributed by atoms with Crippen molar-refractivity contribution in [1.29, 1.82) is 0 Å². The molecule has 1 unspecified atom stereocenters. The van der Waals surface area contributed by atoms with E-state index in [2.05, 4.69) is 24.3 Å². The number of aliphatic hydroxyl groups excluding tert-OH is 3. The molecule has 5 nitrogen and oxygen atoms in total. The number of rotatable bonds is 5. The molecule has 25 heavy (non-hydrogen) atoms. The molecular weight excluding hydrogens is 318 g/mol. The largest absolute Gasteiger partial charge is 0.394 e. The monoisotopic (exact) mass is 339 g/mol. The molecule has 0 aromatic heterocycles. The zero-order valence-electron chi connectivity index (χ0n) is 13.7. The van der Waals surface area contributed by atoms with E-state index in [9.17, 15) is 10.2 Å². The maximum atomic E-state index is 9.90. The molecular formula is C20H21NO4. The van der Waals surface area contributed by atoms with E-state index in [0.29, 0.717) is 0 Å². The molecule has 5 heteroatoms. The molecule has 0 amide bonds. The summed E-state index contributed by atoms with van der Waals surface area (Å²) >= 11 is 0. The summed E-state index contributed by atoms with van der Waals surface area (Å²) < 4.78 is 0. The fourth-order valence-electron chi connectivity index (χ4n) is 3.54. The minimum atomic E-state index is -1.21. The fraction of sp³-hybridized carbons (Fsp3) is 0.300. The Balaban J connectivity index is 1.65. The van der Waals surface area contributed by atoms with Crippen molar-refractivity contribution in [1.82, 2.24) is 0 Å². The number of hydroxylamine groups is 1. The van der Waals surface area contributed by atoms with E-state index >= 15 is 0 Å². The zero-order chi connectivity index (χ0) is 17.4. The van der Waals surface area contributed by atoms with Crippen LogP contribution < -0.4 is 5.06 Å². The lowest BCUT2D eigenvalue weighted by atomic mass is 9.87. The molecule has 0 spiro atoms. The van der Waals surface area contributed by atoms with Gasteiger partial charge in [-0.05, 0) is 28.8 Å². The molecule has 0 saturated heterocycles. The van der Waals surface area contributed by atoms with Gasteiger partial charge < -0.3 is 15.3 Å². The second-order valence-electron chi connectivity index (χ2n) is 6.47. The van der Waals surface area contributed by atoms with Gasteiger partial charge in [0.05, 0.1) is 18.3 Å². The zero-order valence-corrected chi connectivity index (χ0v) is 13.7. The normalized spacial score (nSPS) is 20.4. The lowest BCUT2D eigenvalue weighted by Crippen LogP contribution is -2.40. The third-order valence-electron chi connectivity index (χ3n) is 4.89. The van der Waals surface area contributed by atoms with Gasteiger partial charge in [0.25, 0.3) is 0 Å². The van der Waals surface area contributed by atoms with Gasteiger partial charge in [0, 0.05) is 12.0 Å². The lowest BCUT2D eigenvalue weighted by molar-refractivity contribution is -0.0629. The maximum absolute atomic E-state index is 9.90. The molecule has 0 fully saturated rings. The number of hydrogen-bond donors (Lipinski definition) is 3. The van der Waals surface area contributed by atoms with Crippen molar-refractivity contribution in [2.24, 2.45) is 0 Å². The van der Waals surface area contributed by atoms with Gasteiger partial charge in [-0.2, -0.15) is 0 Å². The summed E-state index contributed by atoms with van der Waals surface area (Å²) in [5.41, 5.74) is 5.76. The highest BCUT2D eigenvalue weighted by Gasteiger charge is 2.37. The average molecular weight is 339 g/mol. The summed E-state index contributed by atoms with van der Waals surface area (Å²) in [6.07, 6.45) is 0.668. The Morgan fingerprint density at radius 3 is 2.64 bits per heavy atom. The van der Waals surface area contributed by atoms with Crippen LogP contribution in [0.15, 0.2) is 48.5 Å². The second kappa shape index (κ2) is 6.61. The van der Waals surface area contributed by atoms with Crippen molar-refractivity contribution >= 4 is 17.3 Å². The Morgan fingerprint density at radius 2 is 1.80 bits per heavy atom. The van der Waals surface area contributed by atoms with E-state index in [1.165, 1.54) is 16.7 Å². The van der Waals surface area contributed by atoms with Crippen molar-refractivity contribution in [2.75, 3.05) is 18.3 Å². The summed E-state index contributed by atoms with van der Waals surface area (Å²) in [5, 5.41) is 30.2. The molecule has 3 N–H and O–H groups in total. The molecule has 0 saturated carbocycles. The van der Waals surface area contributed by atoms with E-state index in [1.54, 1.807) is 0 Å². The van der Waals surface area contributed by atoms with Gasteiger partial charge in [0.1, 0.15) is 18.8 Å². The predicted molar refractivity (Wildman–Crippen MR) is 95.8 cm³/mol. The first-order valence-electron chi connectivity index (χ1n) is 8.47. The van der Waals surface area contributed by atoms with Crippen molar-refractivity contribution in [3.05, 3.63) is 65.2 Å². The van der Waals surface area contributed by atoms with E-state index in [-0.39, 0.29) is 12.6 Å². The summed E-state index contributed by atoms with van der Waals surface area (Å²) in [5.74, 6) is 0. The fourth-order valence-corrected chi connectivity index (χ4v) is 3.54. The number of hydrogen-bond acceptors (Lipinski definition) is 5. The van der Waals surface area contributed by atoms with Crippen LogP contribution in [0.1, 0.15) is 16.7 Å². The van der Waals surface area contributed by atoms with Crippen LogP contribution in [0.2, 0.25) is 0 Å². The molecule has 130 valence electrons. The third kappa shape index (κ3) is 2.85. The van der Waals surface area contributed by atoms with Crippen LogP contribution in [0.5, 0.6) is 0 Å². The third-order valence-corrected chi connectivity index (χ3v) is 4.89. The van der Waals surface area contributed by atoms with Crippen LogP contribution in [-0.4, -0.2) is 46.8 Å². The number of nitrogens with zero attached hydrogens (tertiary/aromatic N) is 1. The SMILES string of the molecule is OC[C@@H](O)[C@H](O)CON1c2ccccc2C2=Cc3ccccc3CC21.